The maximum Gasteiger partial charge on any atom is 0.247 e. The molecule has 3 aliphatic heterocycles. The molecule has 1 spiro atoms. The molecule has 5 rings (SSSR count). The first-order chi connectivity index (χ1) is 14.6. The summed E-state index contributed by atoms with van der Waals surface area (Å²) in [6.07, 6.45) is 3.46. The third-order valence-electron chi connectivity index (χ3n) is 7.06. The Balaban J connectivity index is 1.40. The Hall–Kier alpha value is -2.25. The van der Waals surface area contributed by atoms with Crippen molar-refractivity contribution in [2.24, 2.45) is 11.3 Å². The van der Waals surface area contributed by atoms with E-state index in [1.54, 1.807) is 0 Å². The van der Waals surface area contributed by atoms with Crippen LogP contribution in [0.5, 0.6) is 0 Å². The second-order valence-electron chi connectivity index (χ2n) is 8.94. The van der Waals surface area contributed by atoms with Gasteiger partial charge >= 0.3 is 0 Å². The van der Waals surface area contributed by atoms with Crippen molar-refractivity contribution < 1.29 is 18.7 Å². The molecule has 0 radical (unpaired) electrons. The van der Waals surface area contributed by atoms with Crippen molar-refractivity contribution >= 4 is 5.91 Å². The van der Waals surface area contributed by atoms with Crippen molar-refractivity contribution in [3.05, 3.63) is 35.7 Å². The van der Waals surface area contributed by atoms with Crippen molar-refractivity contribution in [2.75, 3.05) is 39.5 Å². The van der Waals surface area contributed by atoms with Crippen LogP contribution in [0.25, 0.3) is 11.5 Å². The number of carbonyl (C=O) groups excluding carboxylic acids is 1. The Bertz CT molecular complexity index is 882. The molecule has 0 saturated carbocycles. The highest BCUT2D eigenvalue weighted by molar-refractivity contribution is 5.79. The van der Waals surface area contributed by atoms with Crippen molar-refractivity contribution in [1.82, 2.24) is 15.1 Å². The van der Waals surface area contributed by atoms with E-state index >= 15 is 0 Å². The molecule has 2 aromatic rings. The zero-order valence-corrected chi connectivity index (χ0v) is 17.5. The zero-order chi connectivity index (χ0) is 20.6. The Labute approximate surface area is 176 Å². The van der Waals surface area contributed by atoms with Crippen LogP contribution in [0.4, 0.5) is 0 Å². The first-order valence-corrected chi connectivity index (χ1v) is 11.0. The normalized spacial score (nSPS) is 24.4. The van der Waals surface area contributed by atoms with Gasteiger partial charge in [-0.3, -0.25) is 4.79 Å². The molecule has 30 heavy (non-hydrogen) atoms. The first-order valence-electron chi connectivity index (χ1n) is 11.0. The van der Waals surface area contributed by atoms with Crippen LogP contribution in [0.2, 0.25) is 0 Å². The second-order valence-corrected chi connectivity index (χ2v) is 8.94. The molecule has 3 fully saturated rings. The Kier molecular flexibility index (Phi) is 5.33. The van der Waals surface area contributed by atoms with E-state index in [2.05, 4.69) is 17.1 Å². The van der Waals surface area contributed by atoms with Crippen LogP contribution in [0.3, 0.4) is 0 Å². The molecule has 1 aromatic carbocycles. The largest absolute Gasteiger partial charge is 0.420 e. The van der Waals surface area contributed by atoms with Gasteiger partial charge in [0.15, 0.2) is 0 Å². The number of carbonyl (C=O) groups is 1. The lowest BCUT2D eigenvalue weighted by atomic mass is 9.72. The fourth-order valence-corrected chi connectivity index (χ4v) is 5.15. The number of hydrogen-bond acceptors (Lipinski definition) is 6. The van der Waals surface area contributed by atoms with E-state index in [9.17, 15) is 4.79 Å². The molecule has 1 amide bonds. The molecule has 3 aliphatic rings. The maximum atomic E-state index is 13.2. The van der Waals surface area contributed by atoms with E-state index in [0.29, 0.717) is 31.5 Å². The molecule has 3 saturated heterocycles. The van der Waals surface area contributed by atoms with Crippen LogP contribution in [0, 0.1) is 18.3 Å². The van der Waals surface area contributed by atoms with Gasteiger partial charge in [-0.15, -0.1) is 10.2 Å². The van der Waals surface area contributed by atoms with E-state index in [1.807, 2.05) is 29.2 Å². The van der Waals surface area contributed by atoms with E-state index in [0.717, 1.165) is 51.0 Å². The summed E-state index contributed by atoms with van der Waals surface area (Å²) in [5.41, 5.74) is 2.07. The number of aryl methyl sites for hydroxylation is 1. The standard InChI is InChI=1S/C23H29N3O4/c1-16-2-4-17(5-3-16)20-24-25-21(30-20)19-14-26(15-23(19)8-12-29-13-9-23)22(27)18-6-10-28-11-7-18/h2-5,18-19H,6-15H2,1H3. The molecule has 7 heteroatoms. The van der Waals surface area contributed by atoms with Crippen LogP contribution in [-0.4, -0.2) is 60.5 Å². The first kappa shape index (κ1) is 19.7. The number of ether oxygens (including phenoxy) is 2. The number of rotatable bonds is 3. The highest BCUT2D eigenvalue weighted by Crippen LogP contribution is 2.49. The molecule has 0 N–H and O–H groups in total. The topological polar surface area (TPSA) is 77.7 Å². The average Bonchev–Trinajstić information content (AvgIpc) is 3.40. The summed E-state index contributed by atoms with van der Waals surface area (Å²) in [6, 6.07) is 8.10. The average molecular weight is 412 g/mol. The quantitative estimate of drug-likeness (QED) is 0.772. The molecule has 1 unspecified atom stereocenters. The number of hydrogen-bond donors (Lipinski definition) is 0. The zero-order valence-electron chi connectivity index (χ0n) is 17.5. The summed E-state index contributed by atoms with van der Waals surface area (Å²) >= 11 is 0. The summed E-state index contributed by atoms with van der Waals surface area (Å²) in [5.74, 6) is 1.57. The van der Waals surface area contributed by atoms with Crippen LogP contribution < -0.4 is 0 Å². The van der Waals surface area contributed by atoms with E-state index in [-0.39, 0.29) is 23.2 Å². The number of nitrogens with zero attached hydrogens (tertiary/aromatic N) is 3. The lowest BCUT2D eigenvalue weighted by Crippen LogP contribution is -2.40. The summed E-state index contributed by atoms with van der Waals surface area (Å²) in [6.45, 7) is 6.24. The van der Waals surface area contributed by atoms with E-state index in [1.165, 1.54) is 5.56 Å². The molecule has 0 aliphatic carbocycles. The lowest BCUT2D eigenvalue weighted by Gasteiger charge is -2.36. The minimum atomic E-state index is -0.0455. The fourth-order valence-electron chi connectivity index (χ4n) is 5.15. The molecule has 7 nitrogen and oxygen atoms in total. The van der Waals surface area contributed by atoms with Crippen molar-refractivity contribution in [2.45, 2.75) is 38.5 Å². The second kappa shape index (κ2) is 8.12. The highest BCUT2D eigenvalue weighted by atomic mass is 16.5. The van der Waals surface area contributed by atoms with Gasteiger partial charge in [-0.05, 0) is 44.7 Å². The predicted molar refractivity (Wildman–Crippen MR) is 110 cm³/mol. The summed E-state index contributed by atoms with van der Waals surface area (Å²) in [5, 5.41) is 8.77. The van der Waals surface area contributed by atoms with Gasteiger partial charge in [-0.1, -0.05) is 17.7 Å². The van der Waals surface area contributed by atoms with Gasteiger partial charge in [0.05, 0.1) is 5.92 Å². The van der Waals surface area contributed by atoms with Gasteiger partial charge in [-0.25, -0.2) is 0 Å². The Morgan fingerprint density at radius 2 is 1.73 bits per heavy atom. The molecular weight excluding hydrogens is 382 g/mol. The Morgan fingerprint density at radius 1 is 1.03 bits per heavy atom. The predicted octanol–water partition coefficient (Wildman–Crippen LogP) is 3.19. The number of amides is 1. The van der Waals surface area contributed by atoms with Gasteiger partial charge in [-0.2, -0.15) is 0 Å². The summed E-state index contributed by atoms with van der Waals surface area (Å²) < 4.78 is 17.3. The van der Waals surface area contributed by atoms with Crippen LogP contribution in [0.1, 0.15) is 43.1 Å². The third-order valence-corrected chi connectivity index (χ3v) is 7.06. The molecule has 1 aromatic heterocycles. The van der Waals surface area contributed by atoms with Gasteiger partial charge in [0.25, 0.3) is 0 Å². The number of aromatic nitrogens is 2. The van der Waals surface area contributed by atoms with Gasteiger partial charge in [0, 0.05) is 56.4 Å². The van der Waals surface area contributed by atoms with Gasteiger partial charge < -0.3 is 18.8 Å². The molecule has 160 valence electrons. The van der Waals surface area contributed by atoms with Crippen LogP contribution in [-0.2, 0) is 14.3 Å². The summed E-state index contributed by atoms with van der Waals surface area (Å²) in [4.78, 5) is 15.3. The fraction of sp³-hybridized carbons (Fsp3) is 0.609. The van der Waals surface area contributed by atoms with Crippen molar-refractivity contribution in [3.63, 3.8) is 0 Å². The van der Waals surface area contributed by atoms with Crippen LogP contribution in [0.15, 0.2) is 28.7 Å². The van der Waals surface area contributed by atoms with Crippen molar-refractivity contribution in [1.29, 1.82) is 0 Å². The van der Waals surface area contributed by atoms with E-state index < -0.39 is 0 Å². The Morgan fingerprint density at radius 3 is 2.47 bits per heavy atom. The maximum absolute atomic E-state index is 13.2. The molecule has 1 atom stereocenters. The van der Waals surface area contributed by atoms with Crippen molar-refractivity contribution in [3.8, 4) is 11.5 Å². The highest BCUT2D eigenvalue weighted by Gasteiger charge is 2.52. The summed E-state index contributed by atoms with van der Waals surface area (Å²) in [7, 11) is 0. The van der Waals surface area contributed by atoms with E-state index in [4.69, 9.17) is 13.9 Å². The molecule has 4 heterocycles. The van der Waals surface area contributed by atoms with Gasteiger partial charge in [0.2, 0.25) is 17.7 Å². The minimum Gasteiger partial charge on any atom is -0.420 e. The number of likely N-dealkylation sites (tertiary alicyclic amines) is 1. The number of benzene rings is 1. The smallest absolute Gasteiger partial charge is 0.247 e. The van der Waals surface area contributed by atoms with Gasteiger partial charge in [0.1, 0.15) is 0 Å². The minimum absolute atomic E-state index is 0.0455. The van der Waals surface area contributed by atoms with Crippen LogP contribution >= 0.6 is 0 Å². The lowest BCUT2D eigenvalue weighted by molar-refractivity contribution is -0.138. The third kappa shape index (κ3) is 3.65. The SMILES string of the molecule is Cc1ccc(-c2nnc(C3CN(C(=O)C4CCOCC4)CC34CCOCC4)o2)cc1. The molecule has 0 bridgehead atoms. The monoisotopic (exact) mass is 411 g/mol. The molecular formula is C23H29N3O4.